The normalized spacial score (nSPS) is 12.9. The van der Waals surface area contributed by atoms with Crippen molar-refractivity contribution >= 4 is 27.3 Å². The van der Waals surface area contributed by atoms with Gasteiger partial charge in [-0.05, 0) is 44.4 Å². The van der Waals surface area contributed by atoms with E-state index in [2.05, 4.69) is 76.9 Å². The Morgan fingerprint density at radius 1 is 1.22 bits per heavy atom. The van der Waals surface area contributed by atoms with E-state index in [0.29, 0.717) is 12.0 Å². The molecule has 1 unspecified atom stereocenters. The molecule has 0 saturated heterocycles. The first kappa shape index (κ1) is 13.8. The molecular formula is C15H18BrNS. The molecule has 2 rings (SSSR count). The Morgan fingerprint density at radius 3 is 2.50 bits per heavy atom. The van der Waals surface area contributed by atoms with Gasteiger partial charge in [0.1, 0.15) is 0 Å². The number of hydrogen-bond acceptors (Lipinski definition) is 2. The molecule has 1 N–H and O–H groups in total. The monoisotopic (exact) mass is 323 g/mol. The van der Waals surface area contributed by atoms with Crippen LogP contribution in [0.3, 0.4) is 0 Å². The number of halogens is 1. The van der Waals surface area contributed by atoms with E-state index < -0.39 is 0 Å². The summed E-state index contributed by atoms with van der Waals surface area (Å²) in [5, 5.41) is 5.84. The molecule has 0 aliphatic rings. The van der Waals surface area contributed by atoms with Gasteiger partial charge in [-0.2, -0.15) is 0 Å². The molecule has 0 aliphatic heterocycles. The number of nitrogens with one attached hydrogen (secondary N) is 1. The average Bonchev–Trinajstić information content (AvgIpc) is 2.76. The van der Waals surface area contributed by atoms with Crippen molar-refractivity contribution in [2.45, 2.75) is 26.4 Å². The summed E-state index contributed by atoms with van der Waals surface area (Å²) in [6.45, 7) is 5.43. The third-order valence-corrected chi connectivity index (χ3v) is 4.53. The molecule has 0 aliphatic carbocycles. The van der Waals surface area contributed by atoms with Crippen LogP contribution in [0.4, 0.5) is 0 Å². The summed E-state index contributed by atoms with van der Waals surface area (Å²) < 4.78 is 1.19. The van der Waals surface area contributed by atoms with Crippen molar-refractivity contribution < 1.29 is 0 Å². The molecule has 1 nitrogen and oxygen atoms in total. The maximum atomic E-state index is 3.65. The fourth-order valence-corrected chi connectivity index (χ4v) is 3.27. The van der Waals surface area contributed by atoms with Crippen molar-refractivity contribution in [3.8, 4) is 0 Å². The van der Waals surface area contributed by atoms with Crippen LogP contribution < -0.4 is 5.32 Å². The third kappa shape index (κ3) is 3.67. The van der Waals surface area contributed by atoms with Crippen molar-refractivity contribution in [3.63, 3.8) is 0 Å². The SMILES string of the molecule is CC(C)C(NCc1csc(Br)c1)c1ccccc1. The Labute approximate surface area is 121 Å². The van der Waals surface area contributed by atoms with Crippen LogP contribution in [-0.4, -0.2) is 0 Å². The second kappa shape index (κ2) is 6.50. The van der Waals surface area contributed by atoms with Gasteiger partial charge in [0, 0.05) is 12.6 Å². The summed E-state index contributed by atoms with van der Waals surface area (Å²) in [6.07, 6.45) is 0. The van der Waals surface area contributed by atoms with Gasteiger partial charge in [0.15, 0.2) is 0 Å². The standard InChI is InChI=1S/C15H18BrNS/c1-11(2)15(13-6-4-3-5-7-13)17-9-12-8-14(16)18-10-12/h3-8,10-11,15,17H,9H2,1-2H3. The summed E-state index contributed by atoms with van der Waals surface area (Å²) in [6, 6.07) is 13.3. The van der Waals surface area contributed by atoms with Gasteiger partial charge in [0.2, 0.25) is 0 Å². The first-order valence-corrected chi connectivity index (χ1v) is 7.85. The van der Waals surface area contributed by atoms with Gasteiger partial charge in [0.05, 0.1) is 3.79 Å². The molecule has 96 valence electrons. The molecule has 0 fully saturated rings. The molecule has 0 amide bonds. The molecule has 1 aromatic carbocycles. The average molecular weight is 324 g/mol. The molecule has 0 radical (unpaired) electrons. The Hall–Kier alpha value is -0.640. The van der Waals surface area contributed by atoms with Crippen molar-refractivity contribution in [2.24, 2.45) is 5.92 Å². The van der Waals surface area contributed by atoms with E-state index in [-0.39, 0.29) is 0 Å². The number of thiophene rings is 1. The van der Waals surface area contributed by atoms with E-state index in [1.807, 2.05) is 0 Å². The largest absolute Gasteiger partial charge is 0.306 e. The molecule has 2 aromatic rings. The van der Waals surface area contributed by atoms with Crippen molar-refractivity contribution in [1.82, 2.24) is 5.32 Å². The predicted octanol–water partition coefficient (Wildman–Crippen LogP) is 5.00. The van der Waals surface area contributed by atoms with Crippen LogP contribution in [0.15, 0.2) is 45.6 Å². The summed E-state index contributed by atoms with van der Waals surface area (Å²) in [7, 11) is 0. The van der Waals surface area contributed by atoms with Gasteiger partial charge >= 0.3 is 0 Å². The molecule has 0 saturated carbocycles. The van der Waals surface area contributed by atoms with Crippen LogP contribution in [0.5, 0.6) is 0 Å². The summed E-state index contributed by atoms with van der Waals surface area (Å²) in [5.41, 5.74) is 2.70. The van der Waals surface area contributed by atoms with Crippen molar-refractivity contribution in [2.75, 3.05) is 0 Å². The van der Waals surface area contributed by atoms with Crippen LogP contribution in [-0.2, 0) is 6.54 Å². The number of rotatable bonds is 5. The van der Waals surface area contributed by atoms with Crippen LogP contribution in [0.25, 0.3) is 0 Å². The fraction of sp³-hybridized carbons (Fsp3) is 0.333. The lowest BCUT2D eigenvalue weighted by atomic mass is 9.96. The van der Waals surface area contributed by atoms with Gasteiger partial charge in [-0.15, -0.1) is 11.3 Å². The fourth-order valence-electron chi connectivity index (χ4n) is 2.07. The molecule has 0 bridgehead atoms. The highest BCUT2D eigenvalue weighted by atomic mass is 79.9. The molecule has 1 aromatic heterocycles. The Kier molecular flexibility index (Phi) is 4.98. The lowest BCUT2D eigenvalue weighted by molar-refractivity contribution is 0.411. The maximum absolute atomic E-state index is 3.65. The smallest absolute Gasteiger partial charge is 0.0701 e. The highest BCUT2D eigenvalue weighted by Gasteiger charge is 2.14. The minimum Gasteiger partial charge on any atom is -0.306 e. The zero-order chi connectivity index (χ0) is 13.0. The van der Waals surface area contributed by atoms with E-state index in [0.717, 1.165) is 6.54 Å². The van der Waals surface area contributed by atoms with E-state index in [1.54, 1.807) is 11.3 Å². The van der Waals surface area contributed by atoms with Gasteiger partial charge in [-0.25, -0.2) is 0 Å². The molecule has 0 spiro atoms. The lowest BCUT2D eigenvalue weighted by Crippen LogP contribution is -2.25. The molecular weight excluding hydrogens is 306 g/mol. The first-order valence-electron chi connectivity index (χ1n) is 6.18. The summed E-state index contributed by atoms with van der Waals surface area (Å²) in [4.78, 5) is 0. The Bertz CT molecular complexity index is 478. The lowest BCUT2D eigenvalue weighted by Gasteiger charge is -2.22. The number of hydrogen-bond donors (Lipinski definition) is 1. The topological polar surface area (TPSA) is 12.0 Å². The highest BCUT2D eigenvalue weighted by molar-refractivity contribution is 9.11. The predicted molar refractivity (Wildman–Crippen MR) is 82.9 cm³/mol. The second-order valence-corrected chi connectivity index (χ2v) is 7.06. The maximum Gasteiger partial charge on any atom is 0.0701 e. The zero-order valence-electron chi connectivity index (χ0n) is 10.7. The van der Waals surface area contributed by atoms with Gasteiger partial charge < -0.3 is 5.32 Å². The van der Waals surface area contributed by atoms with Crippen LogP contribution >= 0.6 is 27.3 Å². The van der Waals surface area contributed by atoms with Gasteiger partial charge in [0.25, 0.3) is 0 Å². The molecule has 1 heterocycles. The molecule has 1 atom stereocenters. The highest BCUT2D eigenvalue weighted by Crippen LogP contribution is 2.24. The van der Waals surface area contributed by atoms with E-state index in [9.17, 15) is 0 Å². The van der Waals surface area contributed by atoms with Crippen LogP contribution in [0.1, 0.15) is 31.0 Å². The summed E-state index contributed by atoms with van der Waals surface area (Å²) >= 11 is 5.24. The second-order valence-electron chi connectivity index (χ2n) is 4.77. The molecule has 18 heavy (non-hydrogen) atoms. The van der Waals surface area contributed by atoms with E-state index >= 15 is 0 Å². The Morgan fingerprint density at radius 2 is 1.94 bits per heavy atom. The first-order chi connectivity index (χ1) is 8.66. The molecule has 3 heteroatoms. The quantitative estimate of drug-likeness (QED) is 0.816. The van der Waals surface area contributed by atoms with Crippen molar-refractivity contribution in [3.05, 3.63) is 56.7 Å². The minimum absolute atomic E-state index is 0.407. The van der Waals surface area contributed by atoms with Crippen molar-refractivity contribution in [1.29, 1.82) is 0 Å². The summed E-state index contributed by atoms with van der Waals surface area (Å²) in [5.74, 6) is 0.578. The zero-order valence-corrected chi connectivity index (χ0v) is 13.1. The minimum atomic E-state index is 0.407. The number of benzene rings is 1. The Balaban J connectivity index is 2.03. The third-order valence-electron chi connectivity index (χ3n) is 2.97. The van der Waals surface area contributed by atoms with Gasteiger partial charge in [-0.1, -0.05) is 44.2 Å². The van der Waals surface area contributed by atoms with E-state index in [4.69, 9.17) is 0 Å². The van der Waals surface area contributed by atoms with Crippen LogP contribution in [0.2, 0.25) is 0 Å². The van der Waals surface area contributed by atoms with E-state index in [1.165, 1.54) is 14.9 Å². The van der Waals surface area contributed by atoms with Gasteiger partial charge in [-0.3, -0.25) is 0 Å². The van der Waals surface area contributed by atoms with Crippen LogP contribution in [0, 0.1) is 5.92 Å².